The Balaban J connectivity index is 1.67. The Labute approximate surface area is 152 Å². The summed E-state index contributed by atoms with van der Waals surface area (Å²) in [6.45, 7) is 6.06. The molecule has 0 bridgehead atoms. The van der Waals surface area contributed by atoms with Crippen LogP contribution < -0.4 is 5.32 Å². The third-order valence-corrected chi connectivity index (χ3v) is 4.93. The van der Waals surface area contributed by atoms with E-state index in [4.69, 9.17) is 4.74 Å². The number of hydrogen-bond acceptors (Lipinski definition) is 5. The first-order valence-electron chi connectivity index (χ1n) is 8.73. The van der Waals surface area contributed by atoms with Gasteiger partial charge in [-0.05, 0) is 37.8 Å². The Kier molecular flexibility index (Phi) is 7.37. The number of para-hydroxylation sites is 1. The Morgan fingerprint density at radius 2 is 1.96 bits per heavy atom. The molecule has 0 saturated carbocycles. The fourth-order valence-electron chi connectivity index (χ4n) is 2.43. The summed E-state index contributed by atoms with van der Waals surface area (Å²) in [4.78, 5) is 28.1. The number of nitrogens with zero attached hydrogens (tertiary/aromatic N) is 1. The van der Waals surface area contributed by atoms with Crippen LogP contribution in [0.1, 0.15) is 45.0 Å². The lowest BCUT2D eigenvalue weighted by molar-refractivity contribution is -0.148. The van der Waals surface area contributed by atoms with Gasteiger partial charge in [-0.15, -0.1) is 11.3 Å². The van der Waals surface area contributed by atoms with Gasteiger partial charge in [-0.25, -0.2) is 4.98 Å². The molecule has 2 rings (SSSR count). The van der Waals surface area contributed by atoms with Crippen LogP contribution in [0.15, 0.2) is 24.3 Å². The van der Waals surface area contributed by atoms with Gasteiger partial charge in [-0.1, -0.05) is 26.0 Å². The van der Waals surface area contributed by atoms with Gasteiger partial charge < -0.3 is 10.1 Å². The van der Waals surface area contributed by atoms with Gasteiger partial charge in [0.1, 0.15) is 0 Å². The van der Waals surface area contributed by atoms with Crippen molar-refractivity contribution in [3.8, 4) is 0 Å². The number of ether oxygens (including phenoxy) is 1. The molecule has 0 fully saturated rings. The van der Waals surface area contributed by atoms with Crippen molar-refractivity contribution in [2.45, 2.75) is 52.5 Å². The molecule has 2 aromatic rings. The number of hydrogen-bond donors (Lipinski definition) is 1. The van der Waals surface area contributed by atoms with Gasteiger partial charge in [-0.3, -0.25) is 9.59 Å². The Hall–Kier alpha value is -1.95. The minimum atomic E-state index is -0.371. The normalized spacial score (nSPS) is 12.3. The molecule has 0 unspecified atom stereocenters. The summed E-state index contributed by atoms with van der Waals surface area (Å²) in [6.07, 6.45) is 2.75. The maximum absolute atomic E-state index is 11.8. The molecule has 1 atom stereocenters. The summed E-state index contributed by atoms with van der Waals surface area (Å²) in [5, 5.41) is 3.76. The van der Waals surface area contributed by atoms with Crippen LogP contribution in [0.5, 0.6) is 0 Å². The van der Waals surface area contributed by atoms with Crippen molar-refractivity contribution in [1.82, 2.24) is 10.3 Å². The number of aryl methyl sites for hydroxylation is 1. The third-order valence-electron chi connectivity index (χ3n) is 3.83. The largest absolute Gasteiger partial charge is 0.456 e. The van der Waals surface area contributed by atoms with E-state index < -0.39 is 0 Å². The molecule has 0 aliphatic rings. The highest BCUT2D eigenvalue weighted by Crippen LogP contribution is 2.22. The highest BCUT2D eigenvalue weighted by molar-refractivity contribution is 7.18. The van der Waals surface area contributed by atoms with Gasteiger partial charge in [0.25, 0.3) is 5.91 Å². The van der Waals surface area contributed by atoms with Gasteiger partial charge >= 0.3 is 5.97 Å². The molecule has 1 heterocycles. The van der Waals surface area contributed by atoms with Crippen molar-refractivity contribution in [2.24, 2.45) is 5.92 Å². The van der Waals surface area contributed by atoms with Gasteiger partial charge in [0.2, 0.25) is 0 Å². The van der Waals surface area contributed by atoms with Crippen molar-refractivity contribution in [3.63, 3.8) is 0 Å². The lowest BCUT2D eigenvalue weighted by Crippen LogP contribution is -2.36. The number of carbonyl (C=O) groups excluding carboxylic acids is 2. The molecule has 0 aliphatic heterocycles. The van der Waals surface area contributed by atoms with Crippen molar-refractivity contribution >= 4 is 33.4 Å². The molecule has 1 amide bonds. The summed E-state index contributed by atoms with van der Waals surface area (Å²) < 4.78 is 6.16. The zero-order chi connectivity index (χ0) is 18.2. The average molecular weight is 362 g/mol. The van der Waals surface area contributed by atoms with Gasteiger partial charge in [0, 0.05) is 12.5 Å². The predicted octanol–water partition coefficient (Wildman–Crippen LogP) is 3.71. The molecule has 0 spiro atoms. The number of fused-ring (bicyclic) bond motifs is 1. The summed E-state index contributed by atoms with van der Waals surface area (Å²) in [5.41, 5.74) is 0.950. The Morgan fingerprint density at radius 3 is 2.68 bits per heavy atom. The third kappa shape index (κ3) is 6.82. The summed E-state index contributed by atoms with van der Waals surface area (Å²) >= 11 is 1.58. The highest BCUT2D eigenvalue weighted by Gasteiger charge is 2.12. The highest BCUT2D eigenvalue weighted by atomic mass is 32.1. The zero-order valence-corrected chi connectivity index (χ0v) is 15.9. The van der Waals surface area contributed by atoms with Crippen LogP contribution in [-0.2, 0) is 20.7 Å². The number of amides is 1. The quantitative estimate of drug-likeness (QED) is 0.691. The fraction of sp³-hybridized carbons (Fsp3) is 0.526. The molecule has 1 aromatic carbocycles. The van der Waals surface area contributed by atoms with E-state index in [2.05, 4.69) is 24.1 Å². The SMILES string of the molecule is CC(C)CC[C@H](C)NC(=O)COC(=O)CCc1nc2ccccc2s1. The number of benzene rings is 1. The molecule has 0 radical (unpaired) electrons. The van der Waals surface area contributed by atoms with Crippen molar-refractivity contribution in [3.05, 3.63) is 29.3 Å². The lowest BCUT2D eigenvalue weighted by Gasteiger charge is -2.15. The van der Waals surface area contributed by atoms with Gasteiger partial charge in [0.05, 0.1) is 21.6 Å². The second kappa shape index (κ2) is 9.51. The Morgan fingerprint density at radius 1 is 1.20 bits per heavy atom. The van der Waals surface area contributed by atoms with Crippen LogP contribution in [0.25, 0.3) is 10.2 Å². The van der Waals surface area contributed by atoms with E-state index in [9.17, 15) is 9.59 Å². The van der Waals surface area contributed by atoms with E-state index in [1.54, 1.807) is 11.3 Å². The second-order valence-corrected chi connectivity index (χ2v) is 7.79. The van der Waals surface area contributed by atoms with Gasteiger partial charge in [-0.2, -0.15) is 0 Å². The summed E-state index contributed by atoms with van der Waals surface area (Å²) in [6, 6.07) is 7.98. The molecule has 1 aromatic heterocycles. The minimum absolute atomic E-state index is 0.0938. The van der Waals surface area contributed by atoms with E-state index in [0.29, 0.717) is 12.3 Å². The molecular formula is C19H26N2O3S. The van der Waals surface area contributed by atoms with Gasteiger partial charge in [0.15, 0.2) is 6.61 Å². The first-order chi connectivity index (χ1) is 11.9. The average Bonchev–Trinajstić information content (AvgIpc) is 2.99. The summed E-state index contributed by atoms with van der Waals surface area (Å²) in [7, 11) is 0. The standard InChI is InChI=1S/C19H26N2O3S/c1-13(2)8-9-14(3)20-17(22)12-24-19(23)11-10-18-21-15-6-4-5-7-16(15)25-18/h4-7,13-14H,8-12H2,1-3H3,(H,20,22)/t14-/m0/s1. The van der Waals surface area contributed by atoms with Crippen LogP contribution >= 0.6 is 11.3 Å². The first-order valence-corrected chi connectivity index (χ1v) is 9.55. The van der Waals surface area contributed by atoms with E-state index in [1.165, 1.54) is 0 Å². The smallest absolute Gasteiger partial charge is 0.306 e. The maximum Gasteiger partial charge on any atom is 0.306 e. The van der Waals surface area contributed by atoms with E-state index in [-0.39, 0.29) is 30.9 Å². The molecule has 136 valence electrons. The molecule has 5 nitrogen and oxygen atoms in total. The lowest BCUT2D eigenvalue weighted by atomic mass is 10.0. The molecule has 0 saturated heterocycles. The predicted molar refractivity (Wildman–Crippen MR) is 101 cm³/mol. The van der Waals surface area contributed by atoms with Crippen LogP contribution in [0, 0.1) is 5.92 Å². The number of thiazole rings is 1. The van der Waals surface area contributed by atoms with Crippen LogP contribution in [-0.4, -0.2) is 29.5 Å². The van der Waals surface area contributed by atoms with E-state index >= 15 is 0 Å². The van der Waals surface area contributed by atoms with Crippen LogP contribution in [0.4, 0.5) is 0 Å². The molecule has 25 heavy (non-hydrogen) atoms. The molecule has 0 aliphatic carbocycles. The zero-order valence-electron chi connectivity index (χ0n) is 15.1. The first kappa shape index (κ1) is 19.4. The maximum atomic E-state index is 11.8. The monoisotopic (exact) mass is 362 g/mol. The Bertz CT molecular complexity index is 679. The van der Waals surface area contributed by atoms with Crippen molar-refractivity contribution in [1.29, 1.82) is 0 Å². The van der Waals surface area contributed by atoms with E-state index in [0.717, 1.165) is 28.1 Å². The number of aromatic nitrogens is 1. The molecule has 1 N–H and O–H groups in total. The van der Waals surface area contributed by atoms with Crippen molar-refractivity contribution in [2.75, 3.05) is 6.61 Å². The van der Waals surface area contributed by atoms with Crippen molar-refractivity contribution < 1.29 is 14.3 Å². The number of rotatable bonds is 9. The second-order valence-electron chi connectivity index (χ2n) is 6.68. The van der Waals surface area contributed by atoms with Crippen LogP contribution in [0.3, 0.4) is 0 Å². The molecular weight excluding hydrogens is 336 g/mol. The number of esters is 1. The minimum Gasteiger partial charge on any atom is -0.456 e. The topological polar surface area (TPSA) is 68.3 Å². The summed E-state index contributed by atoms with van der Waals surface area (Å²) in [5.74, 6) is -0.00600. The number of nitrogens with one attached hydrogen (secondary N) is 1. The fourth-order valence-corrected chi connectivity index (χ4v) is 3.39. The van der Waals surface area contributed by atoms with E-state index in [1.807, 2.05) is 31.2 Å². The number of carbonyl (C=O) groups is 2. The van der Waals surface area contributed by atoms with Crippen LogP contribution in [0.2, 0.25) is 0 Å². The molecule has 6 heteroatoms.